The zero-order chi connectivity index (χ0) is 23.9. The van der Waals surface area contributed by atoms with Crippen LogP contribution in [-0.2, 0) is 9.53 Å². The van der Waals surface area contributed by atoms with Crippen LogP contribution in [0.15, 0.2) is 24.3 Å². The summed E-state index contributed by atoms with van der Waals surface area (Å²) in [6, 6.07) is 0. The number of hydrogen-bond acceptors (Lipinski definition) is 4. The highest BCUT2D eigenvalue weighted by molar-refractivity contribution is 5.71. The Morgan fingerprint density at radius 3 is 2.22 bits per heavy atom. The van der Waals surface area contributed by atoms with Gasteiger partial charge in [0.2, 0.25) is 0 Å². The van der Waals surface area contributed by atoms with E-state index in [1.807, 2.05) is 7.05 Å². The summed E-state index contributed by atoms with van der Waals surface area (Å²) in [5.74, 6) is 0.116. The van der Waals surface area contributed by atoms with Gasteiger partial charge in [-0.3, -0.25) is 4.79 Å². The molecule has 0 saturated heterocycles. The highest BCUT2D eigenvalue weighted by atomic mass is 16.6. The number of unbranched alkanes of at least 4 members (excludes halogenated alkanes) is 7. The molecule has 0 rings (SSSR count). The van der Waals surface area contributed by atoms with Crippen LogP contribution >= 0.6 is 0 Å². The first-order chi connectivity index (χ1) is 15.6. The molecule has 0 aliphatic carbocycles. The summed E-state index contributed by atoms with van der Waals surface area (Å²) in [5.41, 5.74) is 0. The van der Waals surface area contributed by atoms with Crippen molar-refractivity contribution in [1.82, 2.24) is 10.2 Å². The number of nitrogens with zero attached hydrogens (tertiary/aromatic N) is 1. The topological polar surface area (TPSA) is 58.6 Å². The maximum atomic E-state index is 12.4. The fourth-order valence-electron chi connectivity index (χ4n) is 3.70. The van der Waals surface area contributed by atoms with Gasteiger partial charge < -0.3 is 15.0 Å². The van der Waals surface area contributed by atoms with Crippen molar-refractivity contribution in [1.29, 1.82) is 0 Å². The van der Waals surface area contributed by atoms with Crippen molar-refractivity contribution in [3.63, 3.8) is 0 Å². The van der Waals surface area contributed by atoms with Crippen molar-refractivity contribution in [3.05, 3.63) is 24.3 Å². The summed E-state index contributed by atoms with van der Waals surface area (Å²) in [6.07, 6.45) is 23.2. The largest absolute Gasteiger partial charge is 0.438 e. The lowest BCUT2D eigenvalue weighted by Crippen LogP contribution is -2.38. The smallest absolute Gasteiger partial charge is 0.410 e. The molecule has 0 aromatic heterocycles. The third kappa shape index (κ3) is 17.0. The molecule has 186 valence electrons. The standard InChI is InChI=1S/C27H50N2O3/c1-5-7-9-11-12-13-14-15-17-19-21-25(20-18-16-10-8-6-2)26(24-30)32-27(31)29(4)23-22-28-3/h7,9,12-13,24-26,28H,5-6,8,10-11,14-23H2,1-4H3/b9-7+,13-12+. The lowest BCUT2D eigenvalue weighted by atomic mass is 9.90. The SMILES string of the molecule is CC/C=C/C/C=C/CCCCCC(CCCCCCC)C(C=O)OC(=O)N(C)CCNC. The minimum absolute atomic E-state index is 0.116. The Balaban J connectivity index is 4.54. The monoisotopic (exact) mass is 450 g/mol. The van der Waals surface area contributed by atoms with Crippen LogP contribution in [0, 0.1) is 5.92 Å². The third-order valence-electron chi connectivity index (χ3n) is 5.81. The molecule has 0 heterocycles. The normalized spacial score (nSPS) is 13.5. The number of rotatable bonds is 21. The highest BCUT2D eigenvalue weighted by Gasteiger charge is 2.25. The second-order valence-electron chi connectivity index (χ2n) is 8.70. The number of ether oxygens (including phenoxy) is 1. The zero-order valence-electron chi connectivity index (χ0n) is 21.3. The second kappa shape index (κ2) is 22.6. The Morgan fingerprint density at radius 1 is 0.938 bits per heavy atom. The molecule has 5 heteroatoms. The van der Waals surface area contributed by atoms with E-state index < -0.39 is 12.2 Å². The number of nitrogens with one attached hydrogen (secondary N) is 1. The molecule has 2 atom stereocenters. The lowest BCUT2D eigenvalue weighted by molar-refractivity contribution is -0.118. The predicted octanol–water partition coefficient (Wildman–Crippen LogP) is 6.68. The van der Waals surface area contributed by atoms with E-state index in [1.165, 1.54) is 30.6 Å². The number of hydrogen-bond donors (Lipinski definition) is 1. The van der Waals surface area contributed by atoms with E-state index in [-0.39, 0.29) is 5.92 Å². The number of likely N-dealkylation sites (N-methyl/N-ethyl adjacent to an activating group) is 2. The van der Waals surface area contributed by atoms with Gasteiger partial charge in [-0.15, -0.1) is 0 Å². The van der Waals surface area contributed by atoms with Gasteiger partial charge in [0.15, 0.2) is 12.4 Å². The van der Waals surface area contributed by atoms with E-state index in [1.54, 1.807) is 7.05 Å². The van der Waals surface area contributed by atoms with E-state index in [9.17, 15) is 9.59 Å². The molecule has 32 heavy (non-hydrogen) atoms. The van der Waals surface area contributed by atoms with Crippen LogP contribution in [-0.4, -0.2) is 50.6 Å². The Bertz CT molecular complexity index is 505. The van der Waals surface area contributed by atoms with Crippen molar-refractivity contribution in [3.8, 4) is 0 Å². The first-order valence-electron chi connectivity index (χ1n) is 12.9. The fraction of sp³-hybridized carbons (Fsp3) is 0.778. The van der Waals surface area contributed by atoms with Gasteiger partial charge in [-0.1, -0.05) is 83.1 Å². The lowest BCUT2D eigenvalue weighted by Gasteiger charge is -2.26. The van der Waals surface area contributed by atoms with Gasteiger partial charge in [-0.25, -0.2) is 4.79 Å². The number of allylic oxidation sites excluding steroid dienone is 4. The fourth-order valence-corrected chi connectivity index (χ4v) is 3.70. The van der Waals surface area contributed by atoms with Gasteiger partial charge in [0, 0.05) is 26.1 Å². The third-order valence-corrected chi connectivity index (χ3v) is 5.81. The summed E-state index contributed by atoms with van der Waals surface area (Å²) in [6.45, 7) is 5.62. The summed E-state index contributed by atoms with van der Waals surface area (Å²) in [7, 11) is 3.56. The minimum atomic E-state index is -0.643. The molecule has 0 aromatic carbocycles. The Kier molecular flexibility index (Phi) is 21.4. The Morgan fingerprint density at radius 2 is 1.59 bits per heavy atom. The van der Waals surface area contributed by atoms with Crippen molar-refractivity contribution < 1.29 is 14.3 Å². The highest BCUT2D eigenvalue weighted by Crippen LogP contribution is 2.23. The van der Waals surface area contributed by atoms with Crippen LogP contribution in [0.2, 0.25) is 0 Å². The molecule has 0 aliphatic heterocycles. The average Bonchev–Trinajstić information content (AvgIpc) is 2.80. The van der Waals surface area contributed by atoms with E-state index in [4.69, 9.17) is 4.74 Å². The van der Waals surface area contributed by atoms with Crippen LogP contribution in [0.1, 0.15) is 97.3 Å². The molecule has 0 aliphatic rings. The van der Waals surface area contributed by atoms with Crippen molar-refractivity contribution in [2.45, 2.75) is 103 Å². The molecule has 0 radical (unpaired) electrons. The second-order valence-corrected chi connectivity index (χ2v) is 8.70. The van der Waals surface area contributed by atoms with Crippen LogP contribution in [0.3, 0.4) is 0 Å². The quantitative estimate of drug-likeness (QED) is 0.120. The van der Waals surface area contributed by atoms with Crippen LogP contribution in [0.5, 0.6) is 0 Å². The molecule has 0 aromatic rings. The molecule has 2 unspecified atom stereocenters. The molecule has 0 bridgehead atoms. The van der Waals surface area contributed by atoms with Gasteiger partial charge in [0.25, 0.3) is 0 Å². The molecule has 5 nitrogen and oxygen atoms in total. The molecule has 1 N–H and O–H groups in total. The van der Waals surface area contributed by atoms with Gasteiger partial charge >= 0.3 is 6.09 Å². The van der Waals surface area contributed by atoms with Crippen LogP contribution in [0.25, 0.3) is 0 Å². The summed E-state index contributed by atoms with van der Waals surface area (Å²) in [5, 5.41) is 3.02. The summed E-state index contributed by atoms with van der Waals surface area (Å²) in [4.78, 5) is 25.7. The summed E-state index contributed by atoms with van der Waals surface area (Å²) < 4.78 is 5.61. The van der Waals surface area contributed by atoms with E-state index in [0.717, 1.165) is 64.1 Å². The number of aldehydes is 1. The maximum absolute atomic E-state index is 12.4. The molecular formula is C27H50N2O3. The van der Waals surface area contributed by atoms with E-state index in [2.05, 4.69) is 43.5 Å². The first-order valence-corrected chi connectivity index (χ1v) is 12.9. The molecule has 1 amide bonds. The first kappa shape index (κ1) is 30.4. The molecular weight excluding hydrogens is 400 g/mol. The van der Waals surface area contributed by atoms with Gasteiger partial charge in [0.1, 0.15) is 0 Å². The molecule has 0 saturated carbocycles. The Labute approximate surface area is 198 Å². The van der Waals surface area contributed by atoms with Gasteiger partial charge in [-0.05, 0) is 45.6 Å². The number of carbonyl (C=O) groups is 2. The predicted molar refractivity (Wildman–Crippen MR) is 136 cm³/mol. The Hall–Kier alpha value is -1.62. The van der Waals surface area contributed by atoms with Crippen molar-refractivity contribution in [2.75, 3.05) is 27.2 Å². The van der Waals surface area contributed by atoms with Gasteiger partial charge in [-0.2, -0.15) is 0 Å². The number of amides is 1. The van der Waals surface area contributed by atoms with Crippen molar-refractivity contribution >= 4 is 12.4 Å². The number of carbonyl (C=O) groups excluding carboxylic acids is 2. The molecule has 0 spiro atoms. The summed E-state index contributed by atoms with van der Waals surface area (Å²) >= 11 is 0. The van der Waals surface area contributed by atoms with E-state index in [0.29, 0.717) is 13.1 Å². The van der Waals surface area contributed by atoms with E-state index >= 15 is 0 Å². The molecule has 0 fully saturated rings. The average molecular weight is 451 g/mol. The zero-order valence-corrected chi connectivity index (χ0v) is 21.3. The minimum Gasteiger partial charge on any atom is -0.438 e. The van der Waals surface area contributed by atoms with Crippen LogP contribution in [0.4, 0.5) is 4.79 Å². The van der Waals surface area contributed by atoms with Gasteiger partial charge in [0.05, 0.1) is 0 Å². The van der Waals surface area contributed by atoms with Crippen LogP contribution < -0.4 is 5.32 Å². The maximum Gasteiger partial charge on any atom is 0.410 e. The van der Waals surface area contributed by atoms with Crippen molar-refractivity contribution in [2.24, 2.45) is 5.92 Å².